The number of carbonyl (C=O) groups excluding carboxylic acids is 2. The molecule has 0 spiro atoms. The van der Waals surface area contributed by atoms with Crippen LogP contribution in [0, 0.1) is 0 Å². The van der Waals surface area contributed by atoms with Crippen LogP contribution >= 0.6 is 11.6 Å². The van der Waals surface area contributed by atoms with Gasteiger partial charge in [0.1, 0.15) is 11.8 Å². The Morgan fingerprint density at radius 1 is 1.14 bits per heavy atom. The number of hydrogen-bond donors (Lipinski definition) is 1. The number of anilines is 1. The van der Waals surface area contributed by atoms with E-state index in [1.54, 1.807) is 30.3 Å². The maximum Gasteiger partial charge on any atom is 0.290 e. The zero-order valence-electron chi connectivity index (χ0n) is 15.7. The van der Waals surface area contributed by atoms with Gasteiger partial charge in [0.2, 0.25) is 5.91 Å². The van der Waals surface area contributed by atoms with Crippen molar-refractivity contribution < 1.29 is 18.7 Å². The van der Waals surface area contributed by atoms with E-state index in [0.29, 0.717) is 29.4 Å². The molecule has 2 amide bonds. The summed E-state index contributed by atoms with van der Waals surface area (Å²) in [7, 11) is 1.52. The minimum absolute atomic E-state index is 0.197. The predicted octanol–water partition coefficient (Wildman–Crippen LogP) is 4.15. The zero-order chi connectivity index (χ0) is 20.4. The number of benzene rings is 2. The quantitative estimate of drug-likeness (QED) is 0.701. The first-order valence-corrected chi connectivity index (χ1v) is 9.50. The van der Waals surface area contributed by atoms with Gasteiger partial charge in [-0.25, -0.2) is 0 Å². The van der Waals surface area contributed by atoms with Crippen molar-refractivity contribution in [2.24, 2.45) is 0 Å². The molecule has 0 unspecified atom stereocenters. The number of rotatable bonds is 4. The van der Waals surface area contributed by atoms with Crippen LogP contribution in [-0.2, 0) is 17.8 Å². The van der Waals surface area contributed by atoms with Gasteiger partial charge >= 0.3 is 0 Å². The molecule has 1 aromatic heterocycles. The molecule has 0 radical (unpaired) electrons. The number of halogens is 1. The number of hydrogen-bond acceptors (Lipinski definition) is 4. The minimum Gasteiger partial charge on any atom is -0.495 e. The van der Waals surface area contributed by atoms with Crippen LogP contribution in [0.15, 0.2) is 65.3 Å². The molecule has 3 aromatic rings. The summed E-state index contributed by atoms with van der Waals surface area (Å²) >= 11 is 6.07. The van der Waals surface area contributed by atoms with E-state index in [2.05, 4.69) is 5.32 Å². The highest BCUT2D eigenvalue weighted by Crippen LogP contribution is 2.30. The van der Waals surface area contributed by atoms with E-state index in [0.717, 1.165) is 11.1 Å². The van der Waals surface area contributed by atoms with Gasteiger partial charge in [0.25, 0.3) is 5.91 Å². The Balaban J connectivity index is 1.66. The summed E-state index contributed by atoms with van der Waals surface area (Å²) in [5, 5.41) is 3.33. The lowest BCUT2D eigenvalue weighted by Gasteiger charge is -2.35. The van der Waals surface area contributed by atoms with Crippen LogP contribution in [-0.4, -0.2) is 29.9 Å². The first-order valence-electron chi connectivity index (χ1n) is 9.12. The number of carbonyl (C=O) groups is 2. The second kappa shape index (κ2) is 8.01. The second-order valence-electron chi connectivity index (χ2n) is 6.73. The predicted molar refractivity (Wildman–Crippen MR) is 109 cm³/mol. The van der Waals surface area contributed by atoms with Crippen LogP contribution < -0.4 is 10.1 Å². The molecule has 2 heterocycles. The largest absolute Gasteiger partial charge is 0.495 e. The first kappa shape index (κ1) is 19.1. The van der Waals surface area contributed by atoms with Crippen LogP contribution in [0.5, 0.6) is 5.75 Å². The number of amides is 2. The summed E-state index contributed by atoms with van der Waals surface area (Å²) in [6.45, 7) is 0.320. The number of nitrogens with zero attached hydrogens (tertiary/aromatic N) is 1. The molecule has 0 aliphatic carbocycles. The summed E-state index contributed by atoms with van der Waals surface area (Å²) in [5.41, 5.74) is 2.50. The van der Waals surface area contributed by atoms with Crippen molar-refractivity contribution in [3.05, 3.63) is 82.8 Å². The monoisotopic (exact) mass is 410 g/mol. The van der Waals surface area contributed by atoms with Crippen LogP contribution in [0.4, 0.5) is 5.69 Å². The van der Waals surface area contributed by atoms with Crippen molar-refractivity contribution in [3.63, 3.8) is 0 Å². The van der Waals surface area contributed by atoms with Crippen molar-refractivity contribution in [2.75, 3.05) is 12.4 Å². The molecule has 1 atom stereocenters. The summed E-state index contributed by atoms with van der Waals surface area (Å²) in [4.78, 5) is 27.8. The van der Waals surface area contributed by atoms with Gasteiger partial charge < -0.3 is 19.4 Å². The third-order valence-corrected chi connectivity index (χ3v) is 5.20. The first-order chi connectivity index (χ1) is 14.1. The van der Waals surface area contributed by atoms with E-state index in [9.17, 15) is 9.59 Å². The molecule has 7 heteroatoms. The molecule has 148 valence electrons. The normalized spacial score (nSPS) is 15.5. The Morgan fingerprint density at radius 3 is 2.66 bits per heavy atom. The molecule has 1 aliphatic heterocycles. The Labute approximate surface area is 173 Å². The number of methoxy groups -OCH3 is 1. The molecule has 2 aromatic carbocycles. The van der Waals surface area contributed by atoms with E-state index in [1.807, 2.05) is 24.3 Å². The van der Waals surface area contributed by atoms with Gasteiger partial charge in [-0.2, -0.15) is 0 Å². The van der Waals surface area contributed by atoms with E-state index in [4.69, 9.17) is 20.8 Å². The maximum absolute atomic E-state index is 13.2. The number of furan rings is 1. The highest BCUT2D eigenvalue weighted by Gasteiger charge is 2.36. The van der Waals surface area contributed by atoms with Gasteiger partial charge in [0.15, 0.2) is 5.76 Å². The molecule has 0 fully saturated rings. The van der Waals surface area contributed by atoms with Crippen molar-refractivity contribution in [1.29, 1.82) is 0 Å². The molecule has 0 saturated heterocycles. The fourth-order valence-corrected chi connectivity index (χ4v) is 3.68. The smallest absolute Gasteiger partial charge is 0.290 e. The zero-order valence-corrected chi connectivity index (χ0v) is 16.5. The van der Waals surface area contributed by atoms with Gasteiger partial charge in [0, 0.05) is 18.0 Å². The summed E-state index contributed by atoms with van der Waals surface area (Å²) < 4.78 is 10.6. The Bertz CT molecular complexity index is 1050. The van der Waals surface area contributed by atoms with E-state index in [-0.39, 0.29) is 17.6 Å². The van der Waals surface area contributed by atoms with Gasteiger partial charge in [-0.1, -0.05) is 35.9 Å². The minimum atomic E-state index is -0.703. The van der Waals surface area contributed by atoms with Gasteiger partial charge in [-0.3, -0.25) is 9.59 Å². The van der Waals surface area contributed by atoms with Crippen molar-refractivity contribution in [1.82, 2.24) is 4.90 Å². The molecule has 6 nitrogen and oxygen atoms in total. The van der Waals surface area contributed by atoms with Gasteiger partial charge in [-0.05, 0) is 41.5 Å². The molecule has 4 rings (SSSR count). The molecular weight excluding hydrogens is 392 g/mol. The lowest BCUT2D eigenvalue weighted by Crippen LogP contribution is -2.50. The molecule has 0 bridgehead atoms. The van der Waals surface area contributed by atoms with Gasteiger partial charge in [-0.15, -0.1) is 0 Å². The number of fused-ring (bicyclic) bond motifs is 1. The standard InChI is InChI=1S/C22H19ClN2O4/c1-28-19-9-8-16(23)12-17(19)24-21(26)18-11-14-5-2-3-6-15(14)13-25(18)22(27)20-7-4-10-29-20/h2-10,12,18H,11,13H2,1H3,(H,24,26)/t18-/m1/s1. The molecule has 29 heavy (non-hydrogen) atoms. The van der Waals surface area contributed by atoms with Crippen molar-refractivity contribution in [2.45, 2.75) is 19.0 Å². The van der Waals surface area contributed by atoms with Crippen LogP contribution in [0.2, 0.25) is 5.02 Å². The van der Waals surface area contributed by atoms with Crippen LogP contribution in [0.25, 0.3) is 0 Å². The van der Waals surface area contributed by atoms with Crippen LogP contribution in [0.3, 0.4) is 0 Å². The lowest BCUT2D eigenvalue weighted by atomic mass is 9.93. The van der Waals surface area contributed by atoms with Gasteiger partial charge in [0.05, 0.1) is 19.1 Å². The summed E-state index contributed by atoms with van der Waals surface area (Å²) in [6, 6.07) is 15.3. The Kier molecular flexibility index (Phi) is 5.27. The lowest BCUT2D eigenvalue weighted by molar-refractivity contribution is -0.121. The number of ether oxygens (including phenoxy) is 1. The third-order valence-electron chi connectivity index (χ3n) is 4.96. The highest BCUT2D eigenvalue weighted by molar-refractivity contribution is 6.31. The topological polar surface area (TPSA) is 71.8 Å². The Hall–Kier alpha value is -3.25. The Morgan fingerprint density at radius 2 is 1.93 bits per heavy atom. The van der Waals surface area contributed by atoms with Crippen molar-refractivity contribution >= 4 is 29.1 Å². The third kappa shape index (κ3) is 3.84. The van der Waals surface area contributed by atoms with Crippen molar-refractivity contribution in [3.8, 4) is 5.75 Å². The van der Waals surface area contributed by atoms with E-state index >= 15 is 0 Å². The fourth-order valence-electron chi connectivity index (χ4n) is 3.51. The fraction of sp³-hybridized carbons (Fsp3) is 0.182. The summed E-state index contributed by atoms with van der Waals surface area (Å²) in [6.07, 6.45) is 1.84. The highest BCUT2D eigenvalue weighted by atomic mass is 35.5. The average molecular weight is 411 g/mol. The van der Waals surface area contributed by atoms with Crippen LogP contribution in [0.1, 0.15) is 21.7 Å². The second-order valence-corrected chi connectivity index (χ2v) is 7.17. The molecule has 1 N–H and O–H groups in total. The number of nitrogens with one attached hydrogen (secondary N) is 1. The van der Waals surface area contributed by atoms with E-state index in [1.165, 1.54) is 18.3 Å². The molecule has 1 aliphatic rings. The maximum atomic E-state index is 13.2. The van der Waals surface area contributed by atoms with E-state index < -0.39 is 6.04 Å². The summed E-state index contributed by atoms with van der Waals surface area (Å²) in [5.74, 6) is 0.0353. The SMILES string of the molecule is COc1ccc(Cl)cc1NC(=O)[C@H]1Cc2ccccc2CN1C(=O)c1ccco1. The average Bonchev–Trinajstić information content (AvgIpc) is 3.27. The molecular formula is C22H19ClN2O4. The molecule has 0 saturated carbocycles.